The number of hydrogen-bond donors (Lipinski definition) is 4. The standard InChI is InChI=1S/C27H24BF3N8/c28-27(17-1-3-18(29)4-2-17,23-14-39(38-37-23)21-5-6-21)36-19-7-15(11-32)24-22(8-19)25(16(12-33)13-34-24)35-20-9-26(30,31)10-20/h1-4,7-8,13-14,20-21,36-38H,5-6,9-10,28H2,(H,34,35). The number of aromatic nitrogens is 1. The van der Waals surface area contributed by atoms with E-state index in [4.69, 9.17) is 0 Å². The van der Waals surface area contributed by atoms with Gasteiger partial charge in [0.1, 0.15) is 25.8 Å². The predicted octanol–water partition coefficient (Wildman–Crippen LogP) is 3.55. The Labute approximate surface area is 223 Å². The topological polar surface area (TPSA) is 112 Å². The van der Waals surface area contributed by atoms with Crippen molar-refractivity contribution in [2.45, 2.75) is 49.1 Å². The van der Waals surface area contributed by atoms with E-state index in [-0.39, 0.29) is 29.8 Å². The van der Waals surface area contributed by atoms with Gasteiger partial charge in [-0.2, -0.15) is 10.5 Å². The molecule has 3 aromatic rings. The normalized spacial score (nSPS) is 19.7. The molecule has 1 aromatic heterocycles. The lowest BCUT2D eigenvalue weighted by atomic mass is 9.69. The van der Waals surface area contributed by atoms with Gasteiger partial charge in [-0.05, 0) is 42.7 Å². The number of rotatable bonds is 7. The van der Waals surface area contributed by atoms with Gasteiger partial charge in [0.15, 0.2) is 0 Å². The van der Waals surface area contributed by atoms with Crippen molar-refractivity contribution < 1.29 is 13.2 Å². The molecule has 39 heavy (non-hydrogen) atoms. The van der Waals surface area contributed by atoms with Crippen LogP contribution in [0, 0.1) is 28.5 Å². The number of pyridine rings is 1. The van der Waals surface area contributed by atoms with Crippen LogP contribution in [0.5, 0.6) is 0 Å². The number of anilines is 2. The third-order valence-electron chi connectivity index (χ3n) is 7.53. The number of nitriles is 2. The summed E-state index contributed by atoms with van der Waals surface area (Å²) in [4.78, 5) is 4.34. The van der Waals surface area contributed by atoms with Crippen LogP contribution >= 0.6 is 0 Å². The van der Waals surface area contributed by atoms with Crippen molar-refractivity contribution in [3.63, 3.8) is 0 Å². The zero-order valence-corrected chi connectivity index (χ0v) is 21.0. The molecule has 6 rings (SSSR count). The lowest BCUT2D eigenvalue weighted by molar-refractivity contribution is -0.0793. The Balaban J connectivity index is 1.44. The Bertz CT molecular complexity index is 1570. The summed E-state index contributed by atoms with van der Waals surface area (Å²) in [5, 5.41) is 28.8. The molecule has 2 aliphatic carbocycles. The fourth-order valence-electron chi connectivity index (χ4n) is 5.17. The first-order valence-electron chi connectivity index (χ1n) is 12.7. The van der Waals surface area contributed by atoms with Crippen LogP contribution in [-0.2, 0) is 5.44 Å². The second kappa shape index (κ2) is 9.10. The molecule has 1 unspecified atom stereocenters. The van der Waals surface area contributed by atoms with E-state index in [0.717, 1.165) is 24.1 Å². The Kier molecular flexibility index (Phi) is 5.81. The number of alkyl halides is 2. The highest BCUT2D eigenvalue weighted by atomic mass is 19.3. The van der Waals surface area contributed by atoms with Crippen molar-refractivity contribution in [3.05, 3.63) is 77.0 Å². The Morgan fingerprint density at radius 3 is 2.46 bits per heavy atom. The highest BCUT2D eigenvalue weighted by Crippen LogP contribution is 2.42. The van der Waals surface area contributed by atoms with E-state index in [1.165, 1.54) is 18.3 Å². The van der Waals surface area contributed by atoms with Gasteiger partial charge in [0.25, 0.3) is 5.92 Å². The first-order valence-corrected chi connectivity index (χ1v) is 12.7. The van der Waals surface area contributed by atoms with Crippen LogP contribution in [0.4, 0.5) is 24.5 Å². The van der Waals surface area contributed by atoms with Crippen LogP contribution in [0.3, 0.4) is 0 Å². The van der Waals surface area contributed by atoms with Crippen molar-refractivity contribution in [2.75, 3.05) is 10.6 Å². The van der Waals surface area contributed by atoms with Crippen molar-refractivity contribution in [3.8, 4) is 12.1 Å². The molecule has 2 heterocycles. The van der Waals surface area contributed by atoms with E-state index in [1.54, 1.807) is 24.3 Å². The maximum atomic E-state index is 13.8. The molecule has 1 atom stereocenters. The van der Waals surface area contributed by atoms with E-state index in [9.17, 15) is 23.7 Å². The molecule has 2 saturated carbocycles. The smallest absolute Gasteiger partial charge is 0.252 e. The molecule has 4 N–H and O–H groups in total. The summed E-state index contributed by atoms with van der Waals surface area (Å²) in [6.07, 6.45) is 4.80. The molecule has 0 saturated heterocycles. The minimum atomic E-state index is -2.74. The lowest BCUT2D eigenvalue weighted by Gasteiger charge is -2.36. The van der Waals surface area contributed by atoms with E-state index >= 15 is 0 Å². The number of halogens is 3. The summed E-state index contributed by atoms with van der Waals surface area (Å²) in [6, 6.07) is 13.7. The van der Waals surface area contributed by atoms with E-state index in [0.29, 0.717) is 28.3 Å². The molecule has 0 bridgehead atoms. The van der Waals surface area contributed by atoms with E-state index in [2.05, 4.69) is 38.7 Å². The SMILES string of the molecule is BC(Nc1cc(C#N)c2ncc(C#N)c(NC3CC(F)(F)C3)c2c1)(C1=CN(C2CC2)NN1)c1ccc(F)cc1. The van der Waals surface area contributed by atoms with Crippen molar-refractivity contribution in [2.24, 2.45) is 0 Å². The van der Waals surface area contributed by atoms with Crippen LogP contribution in [0.25, 0.3) is 10.9 Å². The van der Waals surface area contributed by atoms with Crippen molar-refractivity contribution in [1.29, 1.82) is 10.5 Å². The maximum absolute atomic E-state index is 13.8. The number of benzene rings is 2. The van der Waals surface area contributed by atoms with Gasteiger partial charge < -0.3 is 16.1 Å². The average molecular weight is 528 g/mol. The Hall–Kier alpha value is -4.42. The zero-order chi connectivity index (χ0) is 27.4. The molecule has 8 nitrogen and oxygen atoms in total. The van der Waals surface area contributed by atoms with Crippen LogP contribution in [0.2, 0.25) is 0 Å². The molecule has 2 fully saturated rings. The number of hydrazine groups is 2. The molecule has 12 heteroatoms. The first kappa shape index (κ1) is 24.9. The van der Waals surface area contributed by atoms with Gasteiger partial charge in [0.2, 0.25) is 0 Å². The minimum Gasteiger partial charge on any atom is -0.380 e. The van der Waals surface area contributed by atoms with Gasteiger partial charge in [-0.3, -0.25) is 9.99 Å². The zero-order valence-electron chi connectivity index (χ0n) is 21.0. The second-order valence-electron chi connectivity index (χ2n) is 10.5. The maximum Gasteiger partial charge on any atom is 0.252 e. The number of fused-ring (bicyclic) bond motifs is 1. The molecule has 0 amide bonds. The van der Waals surface area contributed by atoms with Gasteiger partial charge in [0, 0.05) is 48.4 Å². The predicted molar refractivity (Wildman–Crippen MR) is 142 cm³/mol. The van der Waals surface area contributed by atoms with E-state index in [1.807, 2.05) is 19.1 Å². The fourth-order valence-corrected chi connectivity index (χ4v) is 5.17. The highest BCUT2D eigenvalue weighted by Gasteiger charge is 2.45. The lowest BCUT2D eigenvalue weighted by Crippen LogP contribution is -2.45. The fraction of sp³-hybridized carbons (Fsp3) is 0.296. The molecule has 3 aliphatic rings. The van der Waals surface area contributed by atoms with Gasteiger partial charge >= 0.3 is 0 Å². The molecule has 2 aromatic carbocycles. The summed E-state index contributed by atoms with van der Waals surface area (Å²) in [6.45, 7) is 0. The van der Waals surface area contributed by atoms with Gasteiger partial charge in [0.05, 0.1) is 33.5 Å². The molecule has 196 valence electrons. The summed E-state index contributed by atoms with van der Waals surface area (Å²) < 4.78 is 41.0. The Morgan fingerprint density at radius 1 is 1.10 bits per heavy atom. The summed E-state index contributed by atoms with van der Waals surface area (Å²) in [7, 11) is 1.94. The molecular formula is C27H24BF3N8. The number of nitrogens with zero attached hydrogens (tertiary/aromatic N) is 4. The Morgan fingerprint density at radius 2 is 1.82 bits per heavy atom. The largest absolute Gasteiger partial charge is 0.380 e. The molecule has 1 aliphatic heterocycles. The van der Waals surface area contributed by atoms with E-state index < -0.39 is 17.4 Å². The molecule has 0 spiro atoms. The van der Waals surface area contributed by atoms with Gasteiger partial charge in [-0.15, -0.1) is 5.53 Å². The van der Waals surface area contributed by atoms with Crippen LogP contribution in [0.1, 0.15) is 42.4 Å². The highest BCUT2D eigenvalue weighted by molar-refractivity contribution is 6.19. The van der Waals surface area contributed by atoms with Crippen molar-refractivity contribution in [1.82, 2.24) is 21.0 Å². The number of nitrogens with one attached hydrogen (secondary N) is 4. The number of hydrogen-bond acceptors (Lipinski definition) is 8. The quantitative estimate of drug-likeness (QED) is 0.345. The first-order chi connectivity index (χ1) is 18.7. The third kappa shape index (κ3) is 4.57. The monoisotopic (exact) mass is 528 g/mol. The third-order valence-corrected chi connectivity index (χ3v) is 7.53. The van der Waals surface area contributed by atoms with Crippen LogP contribution in [-0.4, -0.2) is 35.8 Å². The second-order valence-corrected chi connectivity index (χ2v) is 10.5. The van der Waals surface area contributed by atoms with Crippen LogP contribution in [0.15, 0.2) is 54.5 Å². The van der Waals surface area contributed by atoms with Gasteiger partial charge in [-0.1, -0.05) is 12.1 Å². The summed E-state index contributed by atoms with van der Waals surface area (Å²) >= 11 is 0. The molecule has 0 radical (unpaired) electrons. The van der Waals surface area contributed by atoms with Crippen LogP contribution < -0.4 is 21.6 Å². The summed E-state index contributed by atoms with van der Waals surface area (Å²) in [5.74, 6) is -3.10. The molecular weight excluding hydrogens is 504 g/mol. The van der Waals surface area contributed by atoms with Gasteiger partial charge in [-0.25, -0.2) is 13.2 Å². The summed E-state index contributed by atoms with van der Waals surface area (Å²) in [5.41, 5.74) is 8.76. The average Bonchev–Trinajstić information content (AvgIpc) is 3.63. The minimum absolute atomic E-state index is 0.199. The van der Waals surface area contributed by atoms with Crippen molar-refractivity contribution >= 4 is 30.1 Å².